The van der Waals surface area contributed by atoms with E-state index in [0.29, 0.717) is 11.8 Å². The third-order valence-electron chi connectivity index (χ3n) is 2.20. The van der Waals surface area contributed by atoms with Gasteiger partial charge >= 0.3 is 0 Å². The van der Waals surface area contributed by atoms with E-state index < -0.39 is 0 Å². The van der Waals surface area contributed by atoms with E-state index in [4.69, 9.17) is 4.74 Å². The Hall–Kier alpha value is -1.36. The number of hydrogen-bond acceptors (Lipinski definition) is 5. The predicted octanol–water partition coefficient (Wildman–Crippen LogP) is 1.55. The van der Waals surface area contributed by atoms with Crippen molar-refractivity contribution in [2.24, 2.45) is 0 Å². The van der Waals surface area contributed by atoms with Gasteiger partial charge in [0.05, 0.1) is 0 Å². The van der Waals surface area contributed by atoms with Crippen molar-refractivity contribution in [3.05, 3.63) is 11.8 Å². The first-order chi connectivity index (χ1) is 8.02. The zero-order valence-electron chi connectivity index (χ0n) is 11.3. The maximum atomic E-state index is 5.81. The van der Waals surface area contributed by atoms with Crippen LogP contribution in [0.2, 0.25) is 0 Å². The molecule has 1 atom stereocenters. The lowest BCUT2D eigenvalue weighted by molar-refractivity contribution is 0.169. The van der Waals surface area contributed by atoms with E-state index in [9.17, 15) is 0 Å². The SMILES string of the molecule is CCNc1ncc(C)c(OC(C)CN(C)C)n1. The van der Waals surface area contributed by atoms with Crippen molar-refractivity contribution in [2.75, 3.05) is 32.5 Å². The predicted molar refractivity (Wildman–Crippen MR) is 69.6 cm³/mol. The molecule has 0 amide bonds. The molecule has 0 aliphatic heterocycles. The first-order valence-corrected chi connectivity index (χ1v) is 5.91. The fourth-order valence-electron chi connectivity index (χ4n) is 1.53. The van der Waals surface area contributed by atoms with Crippen LogP contribution in [-0.2, 0) is 0 Å². The van der Waals surface area contributed by atoms with E-state index in [0.717, 1.165) is 18.7 Å². The Bertz CT molecular complexity index is 354. The van der Waals surface area contributed by atoms with Crippen LogP contribution in [-0.4, -0.2) is 48.2 Å². The van der Waals surface area contributed by atoms with E-state index in [1.165, 1.54) is 0 Å². The van der Waals surface area contributed by atoms with Gasteiger partial charge in [0.15, 0.2) is 0 Å². The molecular formula is C12H22N4O. The Balaban J connectivity index is 2.71. The molecule has 0 fully saturated rings. The lowest BCUT2D eigenvalue weighted by Gasteiger charge is -2.19. The highest BCUT2D eigenvalue weighted by Gasteiger charge is 2.10. The number of ether oxygens (including phenoxy) is 1. The van der Waals surface area contributed by atoms with Crippen LogP contribution >= 0.6 is 0 Å². The second kappa shape index (κ2) is 6.39. The minimum Gasteiger partial charge on any atom is -0.473 e. The molecule has 1 aromatic rings. The highest BCUT2D eigenvalue weighted by atomic mass is 16.5. The van der Waals surface area contributed by atoms with Crippen LogP contribution in [0.25, 0.3) is 0 Å². The van der Waals surface area contributed by atoms with Crippen LogP contribution in [0.1, 0.15) is 19.4 Å². The average Bonchev–Trinajstić information content (AvgIpc) is 2.22. The zero-order chi connectivity index (χ0) is 12.8. The topological polar surface area (TPSA) is 50.3 Å². The molecule has 0 saturated heterocycles. The van der Waals surface area contributed by atoms with Crippen LogP contribution < -0.4 is 10.1 Å². The minimum absolute atomic E-state index is 0.105. The van der Waals surface area contributed by atoms with Gasteiger partial charge < -0.3 is 15.0 Å². The van der Waals surface area contributed by atoms with Crippen LogP contribution in [0.4, 0.5) is 5.95 Å². The summed E-state index contributed by atoms with van der Waals surface area (Å²) in [7, 11) is 4.05. The third-order valence-corrected chi connectivity index (χ3v) is 2.20. The van der Waals surface area contributed by atoms with Gasteiger partial charge in [0, 0.05) is 24.8 Å². The molecule has 0 bridgehead atoms. The Morgan fingerprint density at radius 1 is 1.47 bits per heavy atom. The zero-order valence-corrected chi connectivity index (χ0v) is 11.3. The summed E-state index contributed by atoms with van der Waals surface area (Å²) in [4.78, 5) is 10.6. The van der Waals surface area contributed by atoms with Crippen molar-refractivity contribution in [3.63, 3.8) is 0 Å². The average molecular weight is 238 g/mol. The van der Waals surface area contributed by atoms with Gasteiger partial charge in [0.2, 0.25) is 11.8 Å². The van der Waals surface area contributed by atoms with Crippen LogP contribution in [0.15, 0.2) is 6.20 Å². The molecule has 0 radical (unpaired) electrons. The molecule has 1 unspecified atom stereocenters. The van der Waals surface area contributed by atoms with Crippen LogP contribution in [0, 0.1) is 6.92 Å². The molecular weight excluding hydrogens is 216 g/mol. The molecule has 17 heavy (non-hydrogen) atoms. The Labute approximate surface area is 103 Å². The number of hydrogen-bond donors (Lipinski definition) is 1. The molecule has 1 N–H and O–H groups in total. The summed E-state index contributed by atoms with van der Waals surface area (Å²) >= 11 is 0. The maximum Gasteiger partial charge on any atom is 0.225 e. The molecule has 96 valence electrons. The number of nitrogens with one attached hydrogen (secondary N) is 1. The number of anilines is 1. The summed E-state index contributed by atoms with van der Waals surface area (Å²) in [6, 6.07) is 0. The summed E-state index contributed by atoms with van der Waals surface area (Å²) in [6.07, 6.45) is 1.89. The van der Waals surface area contributed by atoms with Crippen molar-refractivity contribution in [3.8, 4) is 5.88 Å². The van der Waals surface area contributed by atoms with Crippen molar-refractivity contribution in [1.29, 1.82) is 0 Å². The van der Waals surface area contributed by atoms with Crippen LogP contribution in [0.3, 0.4) is 0 Å². The summed E-state index contributed by atoms with van der Waals surface area (Å²) in [5.74, 6) is 1.27. The Kier molecular flexibility index (Phi) is 5.15. The molecule has 0 aromatic carbocycles. The second-order valence-electron chi connectivity index (χ2n) is 4.40. The van der Waals surface area contributed by atoms with Crippen molar-refractivity contribution in [1.82, 2.24) is 14.9 Å². The van der Waals surface area contributed by atoms with E-state index in [1.54, 1.807) is 6.20 Å². The summed E-state index contributed by atoms with van der Waals surface area (Å²) in [6.45, 7) is 7.66. The number of rotatable bonds is 6. The molecule has 0 saturated carbocycles. The molecule has 5 nitrogen and oxygen atoms in total. The van der Waals surface area contributed by atoms with Crippen LogP contribution in [0.5, 0.6) is 5.88 Å². The highest BCUT2D eigenvalue weighted by molar-refractivity contribution is 5.32. The second-order valence-corrected chi connectivity index (χ2v) is 4.40. The number of aryl methyl sites for hydroxylation is 1. The molecule has 5 heteroatoms. The van der Waals surface area contributed by atoms with Gasteiger partial charge in [0.25, 0.3) is 0 Å². The van der Waals surface area contributed by atoms with Crippen molar-refractivity contribution in [2.45, 2.75) is 26.9 Å². The summed E-state index contributed by atoms with van der Waals surface area (Å²) in [5, 5.41) is 3.08. The molecule has 0 aliphatic rings. The number of aromatic nitrogens is 2. The third kappa shape index (κ3) is 4.56. The molecule has 1 heterocycles. The quantitative estimate of drug-likeness (QED) is 0.815. The highest BCUT2D eigenvalue weighted by Crippen LogP contribution is 2.16. The number of nitrogens with zero attached hydrogens (tertiary/aromatic N) is 3. The van der Waals surface area contributed by atoms with E-state index in [2.05, 4.69) is 20.2 Å². The Morgan fingerprint density at radius 2 is 2.18 bits per heavy atom. The largest absolute Gasteiger partial charge is 0.473 e. The number of likely N-dealkylation sites (N-methyl/N-ethyl adjacent to an activating group) is 1. The van der Waals surface area contributed by atoms with Crippen molar-refractivity contribution >= 4 is 5.95 Å². The standard InChI is InChI=1S/C12H22N4O/c1-6-13-12-14-7-9(2)11(15-12)17-10(3)8-16(4)5/h7,10H,6,8H2,1-5H3,(H,13,14,15). The summed E-state index contributed by atoms with van der Waals surface area (Å²) < 4.78 is 5.81. The van der Waals surface area contributed by atoms with E-state index >= 15 is 0 Å². The minimum atomic E-state index is 0.105. The monoisotopic (exact) mass is 238 g/mol. The Morgan fingerprint density at radius 3 is 2.76 bits per heavy atom. The maximum absolute atomic E-state index is 5.81. The lowest BCUT2D eigenvalue weighted by atomic mass is 10.3. The molecule has 1 aromatic heterocycles. The van der Waals surface area contributed by atoms with Gasteiger partial charge in [-0.25, -0.2) is 4.98 Å². The fourth-order valence-corrected chi connectivity index (χ4v) is 1.53. The molecule has 0 spiro atoms. The smallest absolute Gasteiger partial charge is 0.225 e. The van der Waals surface area contributed by atoms with Gasteiger partial charge in [-0.3, -0.25) is 0 Å². The normalized spacial score (nSPS) is 12.6. The van der Waals surface area contributed by atoms with Gasteiger partial charge in [0.1, 0.15) is 6.10 Å². The molecule has 0 aliphatic carbocycles. The first kappa shape index (κ1) is 13.7. The van der Waals surface area contributed by atoms with E-state index in [-0.39, 0.29) is 6.10 Å². The van der Waals surface area contributed by atoms with Gasteiger partial charge in [-0.2, -0.15) is 4.98 Å². The van der Waals surface area contributed by atoms with Gasteiger partial charge in [-0.1, -0.05) is 0 Å². The molecule has 1 rings (SSSR count). The summed E-state index contributed by atoms with van der Waals surface area (Å²) in [5.41, 5.74) is 0.956. The first-order valence-electron chi connectivity index (χ1n) is 5.91. The van der Waals surface area contributed by atoms with Gasteiger partial charge in [-0.05, 0) is 34.9 Å². The lowest BCUT2D eigenvalue weighted by Crippen LogP contribution is -2.28. The van der Waals surface area contributed by atoms with Crippen molar-refractivity contribution < 1.29 is 4.74 Å². The van der Waals surface area contributed by atoms with E-state index in [1.807, 2.05) is 34.9 Å². The fraction of sp³-hybridized carbons (Fsp3) is 0.667. The van der Waals surface area contributed by atoms with Gasteiger partial charge in [-0.15, -0.1) is 0 Å².